The Morgan fingerprint density at radius 1 is 0.970 bits per heavy atom. The number of hydrogen-bond donors (Lipinski definition) is 0. The van der Waals surface area contributed by atoms with Crippen LogP contribution in [0.25, 0.3) is 22.4 Å². The van der Waals surface area contributed by atoms with Crippen LogP contribution in [0, 0.1) is 0 Å². The molecule has 6 rings (SSSR count). The molecule has 0 spiro atoms. The topological polar surface area (TPSA) is 82.8 Å². The first-order valence-electron chi connectivity index (χ1n) is 10.9. The van der Waals surface area contributed by atoms with Crippen molar-refractivity contribution in [2.75, 3.05) is 0 Å². The molecule has 0 amide bonds. The van der Waals surface area contributed by atoms with Crippen LogP contribution in [0.2, 0.25) is 0 Å². The largest absolute Gasteiger partial charge is 0.461 e. The van der Waals surface area contributed by atoms with E-state index < -0.39 is 0 Å². The number of aromatic nitrogens is 5. The summed E-state index contributed by atoms with van der Waals surface area (Å²) < 4.78 is 13.6. The Morgan fingerprint density at radius 3 is 2.73 bits per heavy atom. The lowest BCUT2D eigenvalue weighted by atomic mass is 9.99. The average Bonchev–Trinajstić information content (AvgIpc) is 3.64. The van der Waals surface area contributed by atoms with E-state index in [4.69, 9.17) is 8.83 Å². The summed E-state index contributed by atoms with van der Waals surface area (Å²) in [5, 5.41) is 18.2. The van der Waals surface area contributed by atoms with Crippen molar-refractivity contribution in [3.05, 3.63) is 76.7 Å². The highest BCUT2D eigenvalue weighted by atomic mass is 32.2. The zero-order chi connectivity index (χ0) is 22.0. The lowest BCUT2D eigenvalue weighted by Gasteiger charge is -2.08. The van der Waals surface area contributed by atoms with Gasteiger partial charge in [0.2, 0.25) is 11.7 Å². The number of fused-ring (bicyclic) bond motifs is 1. The summed E-state index contributed by atoms with van der Waals surface area (Å²) in [6.07, 6.45) is 6.48. The first kappa shape index (κ1) is 20.4. The van der Waals surface area contributed by atoms with Gasteiger partial charge in [-0.2, -0.15) is 0 Å². The number of thioether (sulfide) groups is 1. The SMILES string of the molecule is c1ccc(Cn2c(SCc3nnc(-c4cc5c(s4)CCCC5)o3)nnc2-c2ccco2)cc1. The molecule has 0 atom stereocenters. The molecule has 7 nitrogen and oxygen atoms in total. The van der Waals surface area contributed by atoms with E-state index in [9.17, 15) is 0 Å². The molecule has 1 aromatic carbocycles. The van der Waals surface area contributed by atoms with Crippen molar-refractivity contribution in [3.8, 4) is 22.4 Å². The van der Waals surface area contributed by atoms with Gasteiger partial charge in [0.25, 0.3) is 5.89 Å². The van der Waals surface area contributed by atoms with Crippen LogP contribution < -0.4 is 0 Å². The molecule has 1 aliphatic rings. The van der Waals surface area contributed by atoms with Gasteiger partial charge in [-0.1, -0.05) is 42.1 Å². The van der Waals surface area contributed by atoms with Gasteiger partial charge in [-0.3, -0.25) is 4.57 Å². The molecular weight excluding hydrogens is 454 g/mol. The van der Waals surface area contributed by atoms with E-state index in [1.807, 2.05) is 30.3 Å². The molecule has 4 aromatic heterocycles. The number of thiophene rings is 1. The third-order valence-electron chi connectivity index (χ3n) is 5.64. The van der Waals surface area contributed by atoms with Crippen LogP contribution in [-0.4, -0.2) is 25.0 Å². The Hall–Kier alpha value is -3.17. The highest BCUT2D eigenvalue weighted by molar-refractivity contribution is 7.98. The van der Waals surface area contributed by atoms with Crippen LogP contribution >= 0.6 is 23.1 Å². The molecular formula is C24H21N5O2S2. The standard InChI is InChI=1S/C24H21N5O2S2/c1-2-7-16(8-3-1)14-29-22(18-10-6-12-30-18)26-28-24(29)32-15-21-25-27-23(31-21)20-13-17-9-4-5-11-19(17)33-20/h1-3,6-8,10,12-13H,4-5,9,11,14-15H2. The van der Waals surface area contributed by atoms with Crippen molar-refractivity contribution in [1.29, 1.82) is 0 Å². The summed E-state index contributed by atoms with van der Waals surface area (Å²) >= 11 is 3.31. The van der Waals surface area contributed by atoms with Crippen molar-refractivity contribution >= 4 is 23.1 Å². The van der Waals surface area contributed by atoms with E-state index >= 15 is 0 Å². The van der Waals surface area contributed by atoms with Crippen molar-refractivity contribution in [1.82, 2.24) is 25.0 Å². The van der Waals surface area contributed by atoms with Crippen molar-refractivity contribution in [2.24, 2.45) is 0 Å². The second-order valence-corrected chi connectivity index (χ2v) is 9.99. The van der Waals surface area contributed by atoms with Crippen LogP contribution in [0.1, 0.15) is 34.7 Å². The monoisotopic (exact) mass is 475 g/mol. The molecule has 4 heterocycles. The minimum Gasteiger partial charge on any atom is -0.461 e. The van der Waals surface area contributed by atoms with Crippen molar-refractivity contribution in [3.63, 3.8) is 0 Å². The number of rotatable bonds is 7. The van der Waals surface area contributed by atoms with Gasteiger partial charge >= 0.3 is 0 Å². The maximum atomic E-state index is 6.00. The van der Waals surface area contributed by atoms with E-state index in [1.54, 1.807) is 17.6 Å². The Balaban J connectivity index is 1.22. The predicted molar refractivity (Wildman–Crippen MR) is 127 cm³/mol. The maximum absolute atomic E-state index is 6.00. The van der Waals surface area contributed by atoms with Gasteiger partial charge in [0.05, 0.1) is 23.4 Å². The molecule has 33 heavy (non-hydrogen) atoms. The fourth-order valence-corrected chi connectivity index (χ4v) is 5.98. The lowest BCUT2D eigenvalue weighted by molar-refractivity contribution is 0.529. The molecule has 0 radical (unpaired) electrons. The summed E-state index contributed by atoms with van der Waals surface area (Å²) in [5.74, 6) is 3.08. The third kappa shape index (κ3) is 4.26. The molecule has 1 aliphatic carbocycles. The number of aryl methyl sites for hydroxylation is 2. The molecule has 0 saturated carbocycles. The summed E-state index contributed by atoms with van der Waals surface area (Å²) in [5.41, 5.74) is 2.60. The zero-order valence-electron chi connectivity index (χ0n) is 17.8. The minimum atomic E-state index is 0.517. The Morgan fingerprint density at radius 2 is 1.88 bits per heavy atom. The number of hydrogen-bond acceptors (Lipinski definition) is 8. The van der Waals surface area contributed by atoms with Crippen LogP contribution in [0.4, 0.5) is 0 Å². The highest BCUT2D eigenvalue weighted by Gasteiger charge is 2.20. The molecule has 0 N–H and O–H groups in total. The first-order valence-corrected chi connectivity index (χ1v) is 12.7. The van der Waals surface area contributed by atoms with E-state index in [0.29, 0.717) is 35.7 Å². The summed E-state index contributed by atoms with van der Waals surface area (Å²) in [7, 11) is 0. The molecule has 166 valence electrons. The second kappa shape index (κ2) is 8.99. The molecule has 0 saturated heterocycles. The number of furan rings is 1. The molecule has 0 aliphatic heterocycles. The molecule has 0 bridgehead atoms. The van der Waals surface area contributed by atoms with E-state index in [2.05, 4.69) is 43.2 Å². The van der Waals surface area contributed by atoms with Gasteiger partial charge in [0.1, 0.15) is 0 Å². The quantitative estimate of drug-likeness (QED) is 0.272. The van der Waals surface area contributed by atoms with Crippen LogP contribution in [0.5, 0.6) is 0 Å². The molecule has 5 aromatic rings. The van der Waals surface area contributed by atoms with Gasteiger partial charge in [0.15, 0.2) is 10.9 Å². The molecule has 0 unspecified atom stereocenters. The summed E-state index contributed by atoms with van der Waals surface area (Å²) in [4.78, 5) is 2.53. The number of nitrogens with zero attached hydrogens (tertiary/aromatic N) is 5. The van der Waals surface area contributed by atoms with E-state index in [-0.39, 0.29) is 0 Å². The predicted octanol–water partition coefficient (Wildman–Crippen LogP) is 5.87. The zero-order valence-corrected chi connectivity index (χ0v) is 19.4. The molecule has 9 heteroatoms. The van der Waals surface area contributed by atoms with Gasteiger partial charge < -0.3 is 8.83 Å². The van der Waals surface area contributed by atoms with Gasteiger partial charge in [-0.05, 0) is 55.0 Å². The Bertz CT molecular complexity index is 1330. The Kier molecular flexibility index (Phi) is 5.57. The lowest BCUT2D eigenvalue weighted by Crippen LogP contribution is -2.04. The highest BCUT2D eigenvalue weighted by Crippen LogP contribution is 2.35. The fraction of sp³-hybridized carbons (Fsp3) is 0.250. The third-order valence-corrected chi connectivity index (χ3v) is 7.82. The normalized spacial score (nSPS) is 13.3. The second-order valence-electron chi connectivity index (χ2n) is 7.91. The van der Waals surface area contributed by atoms with Gasteiger partial charge in [0, 0.05) is 4.88 Å². The van der Waals surface area contributed by atoms with Crippen LogP contribution in [-0.2, 0) is 25.1 Å². The maximum Gasteiger partial charge on any atom is 0.257 e. The first-order chi connectivity index (χ1) is 16.3. The number of benzene rings is 1. The minimum absolute atomic E-state index is 0.517. The van der Waals surface area contributed by atoms with Crippen LogP contribution in [0.15, 0.2) is 68.8 Å². The van der Waals surface area contributed by atoms with E-state index in [0.717, 1.165) is 28.4 Å². The average molecular weight is 476 g/mol. The van der Waals surface area contributed by atoms with Crippen molar-refractivity contribution in [2.45, 2.75) is 43.1 Å². The van der Waals surface area contributed by atoms with Gasteiger partial charge in [-0.15, -0.1) is 31.7 Å². The summed E-state index contributed by atoms with van der Waals surface area (Å²) in [6.45, 7) is 0.641. The smallest absolute Gasteiger partial charge is 0.257 e. The Labute approximate surface area is 198 Å². The summed E-state index contributed by atoms with van der Waals surface area (Å²) in [6, 6.07) is 16.2. The van der Waals surface area contributed by atoms with E-state index in [1.165, 1.54) is 35.0 Å². The fourth-order valence-electron chi connectivity index (χ4n) is 4.03. The molecule has 0 fully saturated rings. The van der Waals surface area contributed by atoms with Gasteiger partial charge in [-0.25, -0.2) is 0 Å². The van der Waals surface area contributed by atoms with Crippen LogP contribution in [0.3, 0.4) is 0 Å². The van der Waals surface area contributed by atoms with Crippen molar-refractivity contribution < 1.29 is 8.83 Å².